The minimum atomic E-state index is 0.367. The molecule has 1 atom stereocenters. The molecule has 2 heteroatoms. The summed E-state index contributed by atoms with van der Waals surface area (Å²) in [5.41, 5.74) is 3.80. The molecule has 0 aliphatic carbocycles. The molecule has 1 aromatic carbocycles. The molecular weight excluding hydrogens is 198 g/mol. The maximum Gasteiger partial charge on any atom is 0.0666 e. The minimum Gasteiger partial charge on any atom is -0.383 e. The van der Waals surface area contributed by atoms with Crippen LogP contribution in [0.25, 0.3) is 0 Å². The average molecular weight is 221 g/mol. The average Bonchev–Trinajstić information content (AvgIpc) is 2.20. The first-order chi connectivity index (χ1) is 7.54. The standard InChI is InChI=1S/C14H23NO/c1-10(2)14(9-16-5)15-13-7-6-11(3)8-12(13)4/h6-8,10,14-15H,9H2,1-5H3. The Morgan fingerprint density at radius 3 is 2.44 bits per heavy atom. The lowest BCUT2D eigenvalue weighted by Crippen LogP contribution is -2.30. The fourth-order valence-corrected chi connectivity index (χ4v) is 1.76. The molecule has 0 radical (unpaired) electrons. The molecule has 0 bridgehead atoms. The number of aryl methyl sites for hydroxylation is 2. The molecule has 1 rings (SSSR count). The van der Waals surface area contributed by atoms with Crippen molar-refractivity contribution in [1.29, 1.82) is 0 Å². The van der Waals surface area contributed by atoms with E-state index in [0.29, 0.717) is 12.0 Å². The maximum atomic E-state index is 5.24. The maximum absolute atomic E-state index is 5.24. The molecular formula is C14H23NO. The van der Waals surface area contributed by atoms with Crippen molar-refractivity contribution in [2.75, 3.05) is 19.0 Å². The van der Waals surface area contributed by atoms with Crippen molar-refractivity contribution in [2.24, 2.45) is 5.92 Å². The van der Waals surface area contributed by atoms with Gasteiger partial charge in [0.05, 0.1) is 12.6 Å². The van der Waals surface area contributed by atoms with Crippen molar-refractivity contribution in [3.8, 4) is 0 Å². The van der Waals surface area contributed by atoms with Crippen LogP contribution in [0.1, 0.15) is 25.0 Å². The van der Waals surface area contributed by atoms with Crippen LogP contribution in [-0.4, -0.2) is 19.8 Å². The molecule has 1 unspecified atom stereocenters. The van der Waals surface area contributed by atoms with Crippen molar-refractivity contribution in [1.82, 2.24) is 0 Å². The second-order valence-corrected chi connectivity index (χ2v) is 4.77. The molecule has 0 aromatic heterocycles. The Morgan fingerprint density at radius 2 is 1.94 bits per heavy atom. The summed E-state index contributed by atoms with van der Waals surface area (Å²) in [6.45, 7) is 9.41. The SMILES string of the molecule is COCC(Nc1ccc(C)cc1C)C(C)C. The number of methoxy groups -OCH3 is 1. The van der Waals surface area contributed by atoms with Crippen molar-refractivity contribution in [3.63, 3.8) is 0 Å². The van der Waals surface area contributed by atoms with Crippen LogP contribution < -0.4 is 5.32 Å². The van der Waals surface area contributed by atoms with E-state index in [-0.39, 0.29) is 0 Å². The summed E-state index contributed by atoms with van der Waals surface area (Å²) in [7, 11) is 1.75. The lowest BCUT2D eigenvalue weighted by atomic mass is 10.0. The number of rotatable bonds is 5. The van der Waals surface area contributed by atoms with E-state index in [1.165, 1.54) is 16.8 Å². The van der Waals surface area contributed by atoms with Crippen LogP contribution in [0.15, 0.2) is 18.2 Å². The molecule has 16 heavy (non-hydrogen) atoms. The third-order valence-corrected chi connectivity index (χ3v) is 2.87. The number of benzene rings is 1. The van der Waals surface area contributed by atoms with Gasteiger partial charge in [0, 0.05) is 12.8 Å². The van der Waals surface area contributed by atoms with E-state index in [9.17, 15) is 0 Å². The van der Waals surface area contributed by atoms with Gasteiger partial charge in [-0.05, 0) is 31.4 Å². The van der Waals surface area contributed by atoms with Crippen LogP contribution in [0.5, 0.6) is 0 Å². The highest BCUT2D eigenvalue weighted by Crippen LogP contribution is 2.19. The Balaban J connectivity index is 2.77. The fraction of sp³-hybridized carbons (Fsp3) is 0.571. The predicted molar refractivity (Wildman–Crippen MR) is 70.0 cm³/mol. The molecule has 90 valence electrons. The van der Waals surface area contributed by atoms with Gasteiger partial charge in [0.2, 0.25) is 0 Å². The Labute approximate surface area is 99.0 Å². The van der Waals surface area contributed by atoms with Gasteiger partial charge in [0.15, 0.2) is 0 Å². The van der Waals surface area contributed by atoms with E-state index >= 15 is 0 Å². The summed E-state index contributed by atoms with van der Waals surface area (Å²) in [6.07, 6.45) is 0. The quantitative estimate of drug-likeness (QED) is 0.823. The third kappa shape index (κ3) is 3.53. The molecule has 0 saturated carbocycles. The topological polar surface area (TPSA) is 21.3 Å². The highest BCUT2D eigenvalue weighted by Gasteiger charge is 2.13. The molecule has 0 aliphatic rings. The van der Waals surface area contributed by atoms with E-state index in [1.54, 1.807) is 7.11 Å². The Kier molecular flexibility index (Phi) is 4.81. The summed E-state index contributed by atoms with van der Waals surface area (Å²) in [6, 6.07) is 6.85. The first kappa shape index (κ1) is 13.0. The van der Waals surface area contributed by atoms with Crippen LogP contribution >= 0.6 is 0 Å². The van der Waals surface area contributed by atoms with Gasteiger partial charge in [-0.3, -0.25) is 0 Å². The van der Waals surface area contributed by atoms with Gasteiger partial charge in [-0.15, -0.1) is 0 Å². The monoisotopic (exact) mass is 221 g/mol. The Morgan fingerprint density at radius 1 is 1.25 bits per heavy atom. The summed E-state index contributed by atoms with van der Waals surface area (Å²) < 4.78 is 5.24. The highest BCUT2D eigenvalue weighted by atomic mass is 16.5. The van der Waals surface area contributed by atoms with Crippen LogP contribution in [0.4, 0.5) is 5.69 Å². The summed E-state index contributed by atoms with van der Waals surface area (Å²) in [4.78, 5) is 0. The number of anilines is 1. The Bertz CT molecular complexity index is 334. The molecule has 0 heterocycles. The summed E-state index contributed by atoms with van der Waals surface area (Å²) in [5.74, 6) is 0.556. The van der Waals surface area contributed by atoms with Gasteiger partial charge in [-0.2, -0.15) is 0 Å². The molecule has 1 N–H and O–H groups in total. The number of ether oxygens (including phenoxy) is 1. The van der Waals surface area contributed by atoms with Crippen molar-refractivity contribution in [2.45, 2.75) is 33.7 Å². The first-order valence-electron chi connectivity index (χ1n) is 5.87. The van der Waals surface area contributed by atoms with Crippen molar-refractivity contribution < 1.29 is 4.74 Å². The Hall–Kier alpha value is -1.02. The van der Waals surface area contributed by atoms with E-state index in [4.69, 9.17) is 4.74 Å². The van der Waals surface area contributed by atoms with Crippen LogP contribution in [0, 0.1) is 19.8 Å². The second-order valence-electron chi connectivity index (χ2n) is 4.77. The lowest BCUT2D eigenvalue weighted by Gasteiger charge is -2.24. The van der Waals surface area contributed by atoms with E-state index < -0.39 is 0 Å². The molecule has 0 aliphatic heterocycles. The van der Waals surface area contributed by atoms with Gasteiger partial charge in [0.25, 0.3) is 0 Å². The number of hydrogen-bond acceptors (Lipinski definition) is 2. The molecule has 0 fully saturated rings. The molecule has 1 aromatic rings. The van der Waals surface area contributed by atoms with Gasteiger partial charge in [-0.1, -0.05) is 31.5 Å². The van der Waals surface area contributed by atoms with Crippen LogP contribution in [0.2, 0.25) is 0 Å². The second kappa shape index (κ2) is 5.90. The van der Waals surface area contributed by atoms with Crippen LogP contribution in [0.3, 0.4) is 0 Å². The normalized spacial score (nSPS) is 12.9. The molecule has 0 spiro atoms. The number of nitrogens with one attached hydrogen (secondary N) is 1. The largest absolute Gasteiger partial charge is 0.383 e. The third-order valence-electron chi connectivity index (χ3n) is 2.87. The van der Waals surface area contributed by atoms with E-state index in [2.05, 4.69) is 51.2 Å². The molecule has 0 amide bonds. The van der Waals surface area contributed by atoms with E-state index in [1.807, 2.05) is 0 Å². The highest BCUT2D eigenvalue weighted by molar-refractivity contribution is 5.52. The minimum absolute atomic E-state index is 0.367. The zero-order valence-corrected chi connectivity index (χ0v) is 11.0. The first-order valence-corrected chi connectivity index (χ1v) is 5.87. The number of hydrogen-bond donors (Lipinski definition) is 1. The van der Waals surface area contributed by atoms with Gasteiger partial charge < -0.3 is 10.1 Å². The van der Waals surface area contributed by atoms with Gasteiger partial charge >= 0.3 is 0 Å². The molecule has 2 nitrogen and oxygen atoms in total. The van der Waals surface area contributed by atoms with Crippen LogP contribution in [-0.2, 0) is 4.74 Å². The van der Waals surface area contributed by atoms with Gasteiger partial charge in [-0.25, -0.2) is 0 Å². The van der Waals surface area contributed by atoms with Gasteiger partial charge in [0.1, 0.15) is 0 Å². The zero-order valence-electron chi connectivity index (χ0n) is 11.0. The predicted octanol–water partition coefficient (Wildman–Crippen LogP) is 3.39. The lowest BCUT2D eigenvalue weighted by molar-refractivity contribution is 0.171. The van der Waals surface area contributed by atoms with Crippen molar-refractivity contribution >= 4 is 5.69 Å². The zero-order chi connectivity index (χ0) is 12.1. The van der Waals surface area contributed by atoms with E-state index in [0.717, 1.165) is 6.61 Å². The molecule has 0 saturated heterocycles. The fourth-order valence-electron chi connectivity index (χ4n) is 1.76. The smallest absolute Gasteiger partial charge is 0.0666 e. The van der Waals surface area contributed by atoms with Crippen molar-refractivity contribution in [3.05, 3.63) is 29.3 Å². The summed E-state index contributed by atoms with van der Waals surface area (Å²) >= 11 is 0. The summed E-state index contributed by atoms with van der Waals surface area (Å²) in [5, 5.41) is 3.55.